The van der Waals surface area contributed by atoms with Gasteiger partial charge in [-0.2, -0.15) is 0 Å². The van der Waals surface area contributed by atoms with Crippen molar-refractivity contribution < 1.29 is 9.47 Å². The Bertz CT molecular complexity index is 435. The summed E-state index contributed by atoms with van der Waals surface area (Å²) in [4.78, 5) is 2.51. The van der Waals surface area contributed by atoms with Gasteiger partial charge in [-0.3, -0.25) is 0 Å². The Labute approximate surface area is 135 Å². The number of nitrogens with zero attached hydrogens (tertiary/aromatic N) is 1. The molecule has 0 aliphatic carbocycles. The molecule has 0 atom stereocenters. The maximum atomic E-state index is 5.98. The summed E-state index contributed by atoms with van der Waals surface area (Å²) in [7, 11) is 1.66. The SMILES string of the molecule is CCCCN(CC)CCCc1cc(N)cc(OC)c1OCC. The monoisotopic (exact) mass is 308 g/mol. The van der Waals surface area contributed by atoms with Crippen LogP contribution >= 0.6 is 0 Å². The van der Waals surface area contributed by atoms with E-state index in [9.17, 15) is 0 Å². The highest BCUT2D eigenvalue weighted by Gasteiger charge is 2.12. The molecule has 0 unspecified atom stereocenters. The van der Waals surface area contributed by atoms with Gasteiger partial charge in [-0.25, -0.2) is 0 Å². The fourth-order valence-corrected chi connectivity index (χ4v) is 2.63. The standard InChI is InChI=1S/C18H32N2O2/c1-5-8-11-20(6-2)12-9-10-15-13-16(19)14-17(21-4)18(15)22-7-3/h13-14H,5-12,19H2,1-4H3. The quantitative estimate of drug-likeness (QED) is 0.633. The van der Waals surface area contributed by atoms with Gasteiger partial charge in [0.15, 0.2) is 11.5 Å². The van der Waals surface area contributed by atoms with Crippen LogP contribution in [0.3, 0.4) is 0 Å². The minimum atomic E-state index is 0.630. The van der Waals surface area contributed by atoms with Crippen molar-refractivity contribution in [2.24, 2.45) is 0 Å². The minimum Gasteiger partial charge on any atom is -0.493 e. The molecule has 126 valence electrons. The fourth-order valence-electron chi connectivity index (χ4n) is 2.63. The molecule has 1 aromatic rings. The van der Waals surface area contributed by atoms with E-state index in [2.05, 4.69) is 18.7 Å². The smallest absolute Gasteiger partial charge is 0.164 e. The van der Waals surface area contributed by atoms with Gasteiger partial charge in [0, 0.05) is 17.3 Å². The molecule has 0 aliphatic heterocycles. The third-order valence-electron chi connectivity index (χ3n) is 3.86. The summed E-state index contributed by atoms with van der Waals surface area (Å²) >= 11 is 0. The van der Waals surface area contributed by atoms with E-state index in [1.165, 1.54) is 19.4 Å². The molecule has 0 heterocycles. The number of nitrogen functional groups attached to an aromatic ring is 1. The van der Waals surface area contributed by atoms with Crippen LogP contribution in [-0.2, 0) is 6.42 Å². The summed E-state index contributed by atoms with van der Waals surface area (Å²) in [5, 5.41) is 0. The largest absolute Gasteiger partial charge is 0.493 e. The summed E-state index contributed by atoms with van der Waals surface area (Å²) in [5.74, 6) is 1.57. The second-order valence-electron chi connectivity index (χ2n) is 5.54. The molecule has 22 heavy (non-hydrogen) atoms. The average Bonchev–Trinajstić information content (AvgIpc) is 2.52. The van der Waals surface area contributed by atoms with Gasteiger partial charge in [-0.15, -0.1) is 0 Å². The predicted molar refractivity (Wildman–Crippen MR) is 93.9 cm³/mol. The molecular formula is C18H32N2O2. The van der Waals surface area contributed by atoms with Crippen molar-refractivity contribution in [3.05, 3.63) is 17.7 Å². The number of aryl methyl sites for hydroxylation is 1. The molecule has 0 bridgehead atoms. The van der Waals surface area contributed by atoms with E-state index < -0.39 is 0 Å². The number of anilines is 1. The van der Waals surface area contributed by atoms with Crippen molar-refractivity contribution in [3.8, 4) is 11.5 Å². The first-order chi connectivity index (χ1) is 10.7. The van der Waals surface area contributed by atoms with Crippen molar-refractivity contribution in [2.75, 3.05) is 39.1 Å². The Balaban J connectivity index is 2.69. The average molecular weight is 308 g/mol. The van der Waals surface area contributed by atoms with Crippen molar-refractivity contribution >= 4 is 5.69 Å². The topological polar surface area (TPSA) is 47.7 Å². The van der Waals surface area contributed by atoms with Crippen LogP contribution in [0.4, 0.5) is 5.69 Å². The zero-order valence-corrected chi connectivity index (χ0v) is 14.7. The van der Waals surface area contributed by atoms with Gasteiger partial charge in [0.1, 0.15) is 0 Å². The van der Waals surface area contributed by atoms with Gasteiger partial charge >= 0.3 is 0 Å². The Morgan fingerprint density at radius 3 is 2.41 bits per heavy atom. The molecule has 0 saturated heterocycles. The number of nitrogens with two attached hydrogens (primary N) is 1. The minimum absolute atomic E-state index is 0.630. The lowest BCUT2D eigenvalue weighted by Crippen LogP contribution is -2.26. The Morgan fingerprint density at radius 1 is 1.09 bits per heavy atom. The first kappa shape index (κ1) is 18.6. The van der Waals surface area contributed by atoms with E-state index in [1.807, 2.05) is 19.1 Å². The van der Waals surface area contributed by atoms with Crippen LogP contribution < -0.4 is 15.2 Å². The van der Waals surface area contributed by atoms with Crippen molar-refractivity contribution in [1.29, 1.82) is 0 Å². The van der Waals surface area contributed by atoms with Crippen LogP contribution in [0, 0.1) is 0 Å². The van der Waals surface area contributed by atoms with E-state index in [4.69, 9.17) is 15.2 Å². The Hall–Kier alpha value is -1.42. The third kappa shape index (κ3) is 5.76. The molecular weight excluding hydrogens is 276 g/mol. The summed E-state index contributed by atoms with van der Waals surface area (Å²) in [6, 6.07) is 3.84. The van der Waals surface area contributed by atoms with Crippen LogP contribution in [0.2, 0.25) is 0 Å². The van der Waals surface area contributed by atoms with Gasteiger partial charge in [0.2, 0.25) is 0 Å². The van der Waals surface area contributed by atoms with Crippen molar-refractivity contribution in [1.82, 2.24) is 4.90 Å². The molecule has 0 fully saturated rings. The van der Waals surface area contributed by atoms with Gasteiger partial charge in [0.25, 0.3) is 0 Å². The number of ether oxygens (including phenoxy) is 2. The van der Waals surface area contributed by atoms with Crippen LogP contribution in [0.15, 0.2) is 12.1 Å². The highest BCUT2D eigenvalue weighted by atomic mass is 16.5. The molecule has 4 heteroatoms. The molecule has 0 saturated carbocycles. The van der Waals surface area contributed by atoms with Crippen LogP contribution in [-0.4, -0.2) is 38.3 Å². The van der Waals surface area contributed by atoms with Gasteiger partial charge < -0.3 is 20.1 Å². The van der Waals surface area contributed by atoms with Crippen molar-refractivity contribution in [3.63, 3.8) is 0 Å². The molecule has 4 nitrogen and oxygen atoms in total. The number of methoxy groups -OCH3 is 1. The summed E-state index contributed by atoms with van der Waals surface area (Å²) in [5.41, 5.74) is 7.85. The summed E-state index contributed by atoms with van der Waals surface area (Å²) in [6.45, 7) is 10.5. The molecule has 1 rings (SSSR count). The van der Waals surface area contributed by atoms with Gasteiger partial charge in [-0.1, -0.05) is 20.3 Å². The highest BCUT2D eigenvalue weighted by molar-refractivity contribution is 5.57. The van der Waals surface area contributed by atoms with Crippen LogP contribution in [0.25, 0.3) is 0 Å². The maximum absolute atomic E-state index is 5.98. The maximum Gasteiger partial charge on any atom is 0.164 e. The summed E-state index contributed by atoms with van der Waals surface area (Å²) in [6.07, 6.45) is 4.57. The molecule has 1 aromatic carbocycles. The van der Waals surface area contributed by atoms with Gasteiger partial charge in [-0.05, 0) is 51.9 Å². The van der Waals surface area contributed by atoms with E-state index in [0.717, 1.165) is 48.7 Å². The number of benzene rings is 1. The normalized spacial score (nSPS) is 11.0. The highest BCUT2D eigenvalue weighted by Crippen LogP contribution is 2.34. The van der Waals surface area contributed by atoms with E-state index in [0.29, 0.717) is 6.61 Å². The van der Waals surface area contributed by atoms with Gasteiger partial charge in [0.05, 0.1) is 13.7 Å². The predicted octanol–water partition coefficient (Wildman–Crippen LogP) is 3.73. The lowest BCUT2D eigenvalue weighted by Gasteiger charge is -2.20. The number of rotatable bonds is 11. The van der Waals surface area contributed by atoms with E-state index in [-0.39, 0.29) is 0 Å². The van der Waals surface area contributed by atoms with E-state index in [1.54, 1.807) is 7.11 Å². The number of hydrogen-bond donors (Lipinski definition) is 1. The molecule has 2 N–H and O–H groups in total. The lowest BCUT2D eigenvalue weighted by molar-refractivity contribution is 0.278. The van der Waals surface area contributed by atoms with Crippen LogP contribution in [0.1, 0.15) is 45.6 Å². The molecule has 0 aromatic heterocycles. The number of unbranched alkanes of at least 4 members (excludes halogenated alkanes) is 1. The first-order valence-corrected chi connectivity index (χ1v) is 8.47. The fraction of sp³-hybridized carbons (Fsp3) is 0.667. The molecule has 0 amide bonds. The Kier molecular flexibility index (Phi) is 8.75. The zero-order chi connectivity index (χ0) is 16.4. The lowest BCUT2D eigenvalue weighted by atomic mass is 10.1. The van der Waals surface area contributed by atoms with Crippen molar-refractivity contribution in [2.45, 2.75) is 46.5 Å². The third-order valence-corrected chi connectivity index (χ3v) is 3.86. The second kappa shape index (κ2) is 10.3. The number of hydrogen-bond acceptors (Lipinski definition) is 4. The first-order valence-electron chi connectivity index (χ1n) is 8.47. The molecule has 0 spiro atoms. The van der Waals surface area contributed by atoms with Crippen LogP contribution in [0.5, 0.6) is 11.5 Å². The van der Waals surface area contributed by atoms with E-state index >= 15 is 0 Å². The molecule has 0 aliphatic rings. The summed E-state index contributed by atoms with van der Waals surface area (Å²) < 4.78 is 11.2. The zero-order valence-electron chi connectivity index (χ0n) is 14.7. The Morgan fingerprint density at radius 2 is 1.82 bits per heavy atom. The second-order valence-corrected chi connectivity index (χ2v) is 5.54. The molecule has 0 radical (unpaired) electrons.